The van der Waals surface area contributed by atoms with Crippen molar-refractivity contribution in [2.24, 2.45) is 5.73 Å². The van der Waals surface area contributed by atoms with Crippen molar-refractivity contribution in [1.29, 1.82) is 0 Å². The van der Waals surface area contributed by atoms with Crippen LogP contribution in [0.2, 0.25) is 0 Å². The third-order valence-electron chi connectivity index (χ3n) is 2.52. The van der Waals surface area contributed by atoms with Gasteiger partial charge in [0, 0.05) is 12.7 Å². The van der Waals surface area contributed by atoms with Gasteiger partial charge in [0.2, 0.25) is 5.91 Å². The minimum absolute atomic E-state index is 0.0258. The van der Waals surface area contributed by atoms with Crippen molar-refractivity contribution in [3.05, 3.63) is 11.9 Å². The second kappa shape index (κ2) is 7.01. The number of hydrogen-bond donors (Lipinski definition) is 2. The zero-order valence-corrected chi connectivity index (χ0v) is 10.5. The Morgan fingerprint density at radius 1 is 1.65 bits per heavy atom. The molecule has 1 amide bonds. The Bertz CT molecular complexity index is 349. The summed E-state index contributed by atoms with van der Waals surface area (Å²) >= 11 is 0. The lowest BCUT2D eigenvalue weighted by atomic mass is 10.2. The molecule has 1 unspecified atom stereocenters. The molecule has 0 spiro atoms. The highest BCUT2D eigenvalue weighted by Gasteiger charge is 2.15. The van der Waals surface area contributed by atoms with E-state index in [1.165, 1.54) is 0 Å². The van der Waals surface area contributed by atoms with Gasteiger partial charge >= 0.3 is 0 Å². The van der Waals surface area contributed by atoms with Gasteiger partial charge < -0.3 is 11.1 Å². The van der Waals surface area contributed by atoms with Crippen LogP contribution in [0.5, 0.6) is 0 Å². The first-order chi connectivity index (χ1) is 8.19. The molecule has 0 saturated carbocycles. The van der Waals surface area contributed by atoms with E-state index >= 15 is 0 Å². The van der Waals surface area contributed by atoms with E-state index in [0.29, 0.717) is 13.1 Å². The van der Waals surface area contributed by atoms with Crippen molar-refractivity contribution < 1.29 is 4.79 Å². The minimum Gasteiger partial charge on any atom is -0.354 e. The first kappa shape index (κ1) is 13.6. The monoisotopic (exact) mass is 239 g/mol. The van der Waals surface area contributed by atoms with Gasteiger partial charge in [-0.3, -0.25) is 4.79 Å². The third-order valence-corrected chi connectivity index (χ3v) is 2.52. The molecule has 0 aliphatic rings. The van der Waals surface area contributed by atoms with E-state index in [9.17, 15) is 4.79 Å². The average Bonchev–Trinajstić information content (AvgIpc) is 2.81. The fourth-order valence-corrected chi connectivity index (χ4v) is 1.42. The van der Waals surface area contributed by atoms with Crippen LogP contribution in [0.15, 0.2) is 6.20 Å². The van der Waals surface area contributed by atoms with Crippen molar-refractivity contribution in [1.82, 2.24) is 20.3 Å². The quantitative estimate of drug-likeness (QED) is 0.714. The minimum atomic E-state index is -0.319. The molecule has 1 atom stereocenters. The molecule has 0 radical (unpaired) electrons. The van der Waals surface area contributed by atoms with E-state index in [-0.39, 0.29) is 11.9 Å². The molecule has 1 rings (SSSR count). The highest BCUT2D eigenvalue weighted by atomic mass is 16.2. The summed E-state index contributed by atoms with van der Waals surface area (Å²) in [5, 5.41) is 10.8. The van der Waals surface area contributed by atoms with Crippen molar-refractivity contribution in [2.45, 2.75) is 39.2 Å². The molecular weight excluding hydrogens is 218 g/mol. The van der Waals surface area contributed by atoms with Gasteiger partial charge in [0.15, 0.2) is 0 Å². The van der Waals surface area contributed by atoms with E-state index in [0.717, 1.165) is 25.0 Å². The molecule has 6 nitrogen and oxygen atoms in total. The summed E-state index contributed by atoms with van der Waals surface area (Å²) in [7, 11) is 0. The van der Waals surface area contributed by atoms with E-state index in [1.807, 2.05) is 20.0 Å². The normalized spacial score (nSPS) is 12.4. The molecule has 0 saturated heterocycles. The molecule has 1 aromatic rings. The largest absolute Gasteiger partial charge is 0.354 e. The summed E-state index contributed by atoms with van der Waals surface area (Å²) in [5.74, 6) is -0.0258. The number of nitrogens with zero attached hydrogens (tertiary/aromatic N) is 3. The van der Waals surface area contributed by atoms with Crippen LogP contribution in [0.4, 0.5) is 0 Å². The number of rotatable bonds is 7. The number of hydrogen-bond acceptors (Lipinski definition) is 4. The fraction of sp³-hybridized carbons (Fsp3) is 0.727. The van der Waals surface area contributed by atoms with E-state index in [1.54, 1.807) is 4.68 Å². The lowest BCUT2D eigenvalue weighted by Crippen LogP contribution is -2.31. The summed E-state index contributed by atoms with van der Waals surface area (Å²) in [5.41, 5.74) is 6.31. The molecule has 0 bridgehead atoms. The second-order valence-electron chi connectivity index (χ2n) is 4.05. The maximum absolute atomic E-state index is 11.7. The molecule has 0 aromatic carbocycles. The van der Waals surface area contributed by atoms with Crippen molar-refractivity contribution in [3.63, 3.8) is 0 Å². The number of nitrogens with two attached hydrogens (primary N) is 1. The van der Waals surface area contributed by atoms with Gasteiger partial charge in [-0.25, -0.2) is 4.68 Å². The molecule has 96 valence electrons. The van der Waals surface area contributed by atoms with Crippen LogP contribution in [0.1, 0.15) is 38.4 Å². The molecule has 0 aliphatic heterocycles. The van der Waals surface area contributed by atoms with Gasteiger partial charge in [0.05, 0.1) is 5.69 Å². The Labute approximate surface area is 102 Å². The van der Waals surface area contributed by atoms with Crippen molar-refractivity contribution in [2.75, 3.05) is 13.1 Å². The first-order valence-corrected chi connectivity index (χ1v) is 6.07. The van der Waals surface area contributed by atoms with Crippen molar-refractivity contribution >= 4 is 5.91 Å². The molecule has 0 aliphatic carbocycles. The molecule has 3 N–H and O–H groups in total. The molecule has 0 fully saturated rings. The Kier molecular flexibility index (Phi) is 5.62. The molecule has 6 heteroatoms. The summed E-state index contributed by atoms with van der Waals surface area (Å²) < 4.78 is 1.59. The number of carbonyl (C=O) groups excluding carboxylic acids is 1. The maximum Gasteiger partial charge on any atom is 0.244 e. The lowest BCUT2D eigenvalue weighted by molar-refractivity contribution is -0.124. The van der Waals surface area contributed by atoms with E-state index < -0.39 is 0 Å². The van der Waals surface area contributed by atoms with Crippen LogP contribution in [0.3, 0.4) is 0 Å². The highest BCUT2D eigenvalue weighted by Crippen LogP contribution is 2.05. The Hall–Kier alpha value is -1.43. The average molecular weight is 239 g/mol. The number of aromatic nitrogens is 3. The number of amides is 1. The molecule has 17 heavy (non-hydrogen) atoms. The number of carbonyl (C=O) groups is 1. The SMILES string of the molecule is CCCNC(=O)C(C)n1cc(CCCN)nn1. The Morgan fingerprint density at radius 2 is 2.41 bits per heavy atom. The summed E-state index contributed by atoms with van der Waals surface area (Å²) in [6.07, 6.45) is 4.43. The van der Waals surface area contributed by atoms with Crippen LogP contribution < -0.4 is 11.1 Å². The van der Waals surface area contributed by atoms with Crippen molar-refractivity contribution in [3.8, 4) is 0 Å². The van der Waals surface area contributed by atoms with Crippen LogP contribution in [0.25, 0.3) is 0 Å². The lowest BCUT2D eigenvalue weighted by Gasteiger charge is -2.10. The zero-order valence-electron chi connectivity index (χ0n) is 10.5. The van der Waals surface area contributed by atoms with Gasteiger partial charge in [0.1, 0.15) is 6.04 Å². The van der Waals surface area contributed by atoms with Gasteiger partial charge in [-0.05, 0) is 32.7 Å². The van der Waals surface area contributed by atoms with Crippen LogP contribution in [-0.4, -0.2) is 34.0 Å². The molecular formula is C11H21N5O. The van der Waals surface area contributed by atoms with Gasteiger partial charge in [-0.1, -0.05) is 12.1 Å². The predicted octanol–water partition coefficient (Wildman–Crippen LogP) is 0.257. The second-order valence-corrected chi connectivity index (χ2v) is 4.05. The molecule has 1 heterocycles. The van der Waals surface area contributed by atoms with Gasteiger partial charge in [-0.15, -0.1) is 5.10 Å². The van der Waals surface area contributed by atoms with Gasteiger partial charge in [0.25, 0.3) is 0 Å². The van der Waals surface area contributed by atoms with Crippen LogP contribution >= 0.6 is 0 Å². The Morgan fingerprint density at radius 3 is 3.06 bits per heavy atom. The third kappa shape index (κ3) is 4.14. The smallest absolute Gasteiger partial charge is 0.244 e. The summed E-state index contributed by atoms with van der Waals surface area (Å²) in [6.45, 7) is 5.16. The van der Waals surface area contributed by atoms with E-state index in [2.05, 4.69) is 15.6 Å². The first-order valence-electron chi connectivity index (χ1n) is 6.07. The van der Waals surface area contributed by atoms with E-state index in [4.69, 9.17) is 5.73 Å². The zero-order chi connectivity index (χ0) is 12.7. The topological polar surface area (TPSA) is 85.8 Å². The Balaban J connectivity index is 2.53. The van der Waals surface area contributed by atoms with Crippen LogP contribution in [0, 0.1) is 0 Å². The highest BCUT2D eigenvalue weighted by molar-refractivity contribution is 5.79. The number of nitrogens with one attached hydrogen (secondary N) is 1. The van der Waals surface area contributed by atoms with Gasteiger partial charge in [-0.2, -0.15) is 0 Å². The summed E-state index contributed by atoms with van der Waals surface area (Å²) in [6, 6.07) is -0.319. The maximum atomic E-state index is 11.7. The standard InChI is InChI=1S/C11H21N5O/c1-3-7-13-11(17)9(2)16-8-10(14-15-16)5-4-6-12/h8-9H,3-7,12H2,1-2H3,(H,13,17). The predicted molar refractivity (Wildman–Crippen MR) is 65.4 cm³/mol. The fourth-order valence-electron chi connectivity index (χ4n) is 1.42. The molecule has 1 aromatic heterocycles. The van der Waals surface area contributed by atoms with Crippen LogP contribution in [-0.2, 0) is 11.2 Å². The summed E-state index contributed by atoms with van der Waals surface area (Å²) in [4.78, 5) is 11.7. The number of aryl methyl sites for hydroxylation is 1.